The summed E-state index contributed by atoms with van der Waals surface area (Å²) in [5.41, 5.74) is 0. The molecule has 1 N–H and O–H groups in total. The SMILES string of the molecule is CCNC(=NCCn1cnnc1CC)N1CCN(CC(=O)N2CC(C)CC(C)C2)CC1.I. The number of rotatable bonds is 7. The summed E-state index contributed by atoms with van der Waals surface area (Å²) in [5, 5.41) is 11.5. The summed E-state index contributed by atoms with van der Waals surface area (Å²) in [6, 6.07) is 0. The van der Waals surface area contributed by atoms with Crippen LogP contribution in [0.15, 0.2) is 11.3 Å². The minimum absolute atomic E-state index is 0. The second-order valence-corrected chi connectivity index (χ2v) is 9.04. The van der Waals surface area contributed by atoms with Crippen LogP contribution in [-0.4, -0.2) is 100 Å². The van der Waals surface area contributed by atoms with E-state index in [2.05, 4.69) is 62.5 Å². The smallest absolute Gasteiger partial charge is 0.236 e. The fourth-order valence-electron chi connectivity index (χ4n) is 4.70. The Hall–Kier alpha value is -1.43. The van der Waals surface area contributed by atoms with E-state index in [4.69, 9.17) is 4.99 Å². The van der Waals surface area contributed by atoms with E-state index in [0.717, 1.165) is 70.6 Å². The second-order valence-electron chi connectivity index (χ2n) is 9.04. The van der Waals surface area contributed by atoms with Gasteiger partial charge in [0.2, 0.25) is 5.91 Å². The van der Waals surface area contributed by atoms with Gasteiger partial charge in [0.1, 0.15) is 12.2 Å². The Labute approximate surface area is 210 Å². The highest BCUT2D eigenvalue weighted by molar-refractivity contribution is 14.0. The van der Waals surface area contributed by atoms with Crippen molar-refractivity contribution in [2.45, 2.75) is 47.1 Å². The maximum atomic E-state index is 12.8. The summed E-state index contributed by atoms with van der Waals surface area (Å²) in [6.07, 6.45) is 3.88. The highest BCUT2D eigenvalue weighted by atomic mass is 127. The fraction of sp³-hybridized carbons (Fsp3) is 0.818. The first kappa shape index (κ1) is 26.8. The molecule has 1 amide bonds. The van der Waals surface area contributed by atoms with Gasteiger partial charge in [0.25, 0.3) is 0 Å². The first-order valence-electron chi connectivity index (χ1n) is 11.9. The van der Waals surface area contributed by atoms with E-state index in [0.29, 0.717) is 24.9 Å². The molecule has 1 aromatic heterocycles. The van der Waals surface area contributed by atoms with Crippen molar-refractivity contribution in [1.29, 1.82) is 0 Å². The first-order chi connectivity index (χ1) is 15.0. The molecule has 0 radical (unpaired) electrons. The van der Waals surface area contributed by atoms with E-state index in [1.165, 1.54) is 6.42 Å². The van der Waals surface area contributed by atoms with Crippen LogP contribution in [0.1, 0.15) is 39.9 Å². The molecule has 32 heavy (non-hydrogen) atoms. The lowest BCUT2D eigenvalue weighted by Crippen LogP contribution is -2.55. The monoisotopic (exact) mass is 560 g/mol. The number of hydrogen-bond donors (Lipinski definition) is 1. The van der Waals surface area contributed by atoms with Gasteiger partial charge in [-0.15, -0.1) is 34.2 Å². The molecule has 2 unspecified atom stereocenters. The van der Waals surface area contributed by atoms with Crippen LogP contribution in [0, 0.1) is 11.8 Å². The highest BCUT2D eigenvalue weighted by Crippen LogP contribution is 2.21. The number of nitrogens with zero attached hydrogens (tertiary/aromatic N) is 7. The van der Waals surface area contributed by atoms with Gasteiger partial charge in [-0.05, 0) is 25.2 Å². The molecule has 3 heterocycles. The molecule has 9 nitrogen and oxygen atoms in total. The Morgan fingerprint density at radius 3 is 2.44 bits per heavy atom. The second kappa shape index (κ2) is 13.3. The predicted molar refractivity (Wildman–Crippen MR) is 138 cm³/mol. The summed E-state index contributed by atoms with van der Waals surface area (Å²) in [6.45, 7) is 16.9. The van der Waals surface area contributed by atoms with E-state index in [-0.39, 0.29) is 29.9 Å². The maximum absolute atomic E-state index is 12.8. The molecule has 2 aliphatic rings. The van der Waals surface area contributed by atoms with E-state index >= 15 is 0 Å². The molecule has 1 aromatic rings. The molecule has 3 rings (SSSR count). The van der Waals surface area contributed by atoms with Crippen LogP contribution in [0.5, 0.6) is 0 Å². The summed E-state index contributed by atoms with van der Waals surface area (Å²) >= 11 is 0. The van der Waals surface area contributed by atoms with Crippen LogP contribution in [0.4, 0.5) is 0 Å². The van der Waals surface area contributed by atoms with Gasteiger partial charge >= 0.3 is 0 Å². The largest absolute Gasteiger partial charge is 0.357 e. The van der Waals surface area contributed by atoms with Crippen molar-refractivity contribution < 1.29 is 4.79 Å². The quantitative estimate of drug-likeness (QED) is 0.310. The summed E-state index contributed by atoms with van der Waals surface area (Å²) in [7, 11) is 0. The lowest BCUT2D eigenvalue weighted by Gasteiger charge is -2.39. The number of carbonyl (C=O) groups excluding carboxylic acids is 1. The van der Waals surface area contributed by atoms with Crippen LogP contribution in [0.25, 0.3) is 0 Å². The van der Waals surface area contributed by atoms with E-state index in [9.17, 15) is 4.79 Å². The molecule has 182 valence electrons. The van der Waals surface area contributed by atoms with Crippen molar-refractivity contribution >= 4 is 35.8 Å². The topological polar surface area (TPSA) is 81.9 Å². The minimum atomic E-state index is 0. The molecule has 0 spiro atoms. The molecule has 0 aliphatic carbocycles. The Bertz CT molecular complexity index is 721. The molecule has 2 aliphatic heterocycles. The highest BCUT2D eigenvalue weighted by Gasteiger charge is 2.28. The third-order valence-electron chi connectivity index (χ3n) is 6.20. The Balaban J connectivity index is 0.00000363. The standard InChI is InChI=1S/C22H40N8O.HI/c1-5-20-26-25-17-29(20)8-7-24-22(23-6-2)28-11-9-27(10-12-28)16-21(31)30-14-18(3)13-19(4)15-30;/h17-19H,5-16H2,1-4H3,(H,23,24);1H. The molecule has 0 aromatic carbocycles. The number of hydrogen-bond acceptors (Lipinski definition) is 5. The third kappa shape index (κ3) is 7.57. The van der Waals surface area contributed by atoms with Gasteiger partial charge in [-0.25, -0.2) is 0 Å². The van der Waals surface area contributed by atoms with E-state index in [1.807, 2.05) is 0 Å². The molecule has 2 atom stereocenters. The average Bonchev–Trinajstić information content (AvgIpc) is 3.20. The van der Waals surface area contributed by atoms with Crippen molar-refractivity contribution in [1.82, 2.24) is 34.8 Å². The van der Waals surface area contributed by atoms with Crippen LogP contribution in [0.2, 0.25) is 0 Å². The van der Waals surface area contributed by atoms with Crippen molar-refractivity contribution in [2.24, 2.45) is 16.8 Å². The average molecular weight is 561 g/mol. The van der Waals surface area contributed by atoms with Crippen LogP contribution >= 0.6 is 24.0 Å². The Morgan fingerprint density at radius 1 is 1.12 bits per heavy atom. The number of aryl methyl sites for hydroxylation is 1. The van der Waals surface area contributed by atoms with Crippen LogP contribution in [0.3, 0.4) is 0 Å². The first-order valence-corrected chi connectivity index (χ1v) is 11.9. The molecule has 2 saturated heterocycles. The van der Waals surface area contributed by atoms with Gasteiger partial charge in [0.05, 0.1) is 13.1 Å². The molecule has 0 saturated carbocycles. The summed E-state index contributed by atoms with van der Waals surface area (Å²) in [5.74, 6) is 3.45. The Morgan fingerprint density at radius 2 is 1.81 bits per heavy atom. The lowest BCUT2D eigenvalue weighted by atomic mass is 9.92. The number of piperidine rings is 1. The van der Waals surface area contributed by atoms with Gasteiger partial charge in [0.15, 0.2) is 5.96 Å². The van der Waals surface area contributed by atoms with Crippen molar-refractivity contribution in [3.05, 3.63) is 12.2 Å². The molecule has 2 fully saturated rings. The van der Waals surface area contributed by atoms with Crippen LogP contribution in [-0.2, 0) is 17.8 Å². The van der Waals surface area contributed by atoms with Crippen molar-refractivity contribution in [2.75, 3.05) is 58.9 Å². The summed E-state index contributed by atoms with van der Waals surface area (Å²) in [4.78, 5) is 24.3. The number of nitrogens with one attached hydrogen (secondary N) is 1. The third-order valence-corrected chi connectivity index (χ3v) is 6.20. The molecular weight excluding hydrogens is 519 g/mol. The van der Waals surface area contributed by atoms with Crippen LogP contribution < -0.4 is 5.32 Å². The number of likely N-dealkylation sites (tertiary alicyclic amines) is 1. The molecule has 10 heteroatoms. The van der Waals surface area contributed by atoms with Crippen molar-refractivity contribution in [3.8, 4) is 0 Å². The van der Waals surface area contributed by atoms with Gasteiger partial charge in [-0.3, -0.25) is 14.7 Å². The normalized spacial score (nSPS) is 22.6. The molecule has 0 bridgehead atoms. The van der Waals surface area contributed by atoms with Gasteiger partial charge in [-0.1, -0.05) is 20.8 Å². The van der Waals surface area contributed by atoms with Gasteiger partial charge in [0, 0.05) is 58.8 Å². The van der Waals surface area contributed by atoms with Gasteiger partial charge < -0.3 is 19.7 Å². The zero-order valence-electron chi connectivity index (χ0n) is 20.2. The summed E-state index contributed by atoms with van der Waals surface area (Å²) < 4.78 is 2.07. The fourth-order valence-corrected chi connectivity index (χ4v) is 4.70. The number of aliphatic imine (C=N–C) groups is 1. The lowest BCUT2D eigenvalue weighted by molar-refractivity contribution is -0.135. The maximum Gasteiger partial charge on any atom is 0.236 e. The zero-order valence-corrected chi connectivity index (χ0v) is 22.5. The van der Waals surface area contributed by atoms with E-state index in [1.54, 1.807) is 6.33 Å². The number of carbonyl (C=O) groups is 1. The van der Waals surface area contributed by atoms with E-state index < -0.39 is 0 Å². The number of amides is 1. The van der Waals surface area contributed by atoms with Crippen molar-refractivity contribution in [3.63, 3.8) is 0 Å². The Kier molecular flexibility index (Phi) is 11.2. The number of guanidine groups is 1. The number of halogens is 1. The minimum Gasteiger partial charge on any atom is -0.357 e. The predicted octanol–water partition coefficient (Wildman–Crippen LogP) is 1.55. The number of piperazine rings is 1. The zero-order chi connectivity index (χ0) is 22.2. The van der Waals surface area contributed by atoms with Gasteiger partial charge in [-0.2, -0.15) is 0 Å². The molecular formula is C22H41IN8O. The number of aromatic nitrogens is 3.